The average molecular weight is 289 g/mol. The molecular weight excluding hydrogens is 266 g/mol. The predicted molar refractivity (Wildman–Crippen MR) is 96.9 cm³/mol. The fourth-order valence-electron chi connectivity index (χ4n) is 3.01. The molecule has 0 saturated carbocycles. The highest BCUT2D eigenvalue weighted by molar-refractivity contribution is 5.83. The van der Waals surface area contributed by atoms with Gasteiger partial charge in [-0.2, -0.15) is 0 Å². The zero-order valence-corrected chi connectivity index (χ0v) is 13.5. The first kappa shape index (κ1) is 14.6. The van der Waals surface area contributed by atoms with Gasteiger partial charge in [-0.05, 0) is 49.6 Å². The summed E-state index contributed by atoms with van der Waals surface area (Å²) in [6.07, 6.45) is 3.63. The topological polar surface area (TPSA) is 4.93 Å². The van der Waals surface area contributed by atoms with Crippen LogP contribution in [0.1, 0.15) is 30.9 Å². The Morgan fingerprint density at radius 2 is 1.73 bits per heavy atom. The van der Waals surface area contributed by atoms with E-state index in [1.165, 1.54) is 34.9 Å². The maximum Gasteiger partial charge on any atom is 0.0540 e. The van der Waals surface area contributed by atoms with Crippen LogP contribution >= 0.6 is 0 Å². The number of fused-ring (bicyclic) bond motifs is 1. The lowest BCUT2D eigenvalue weighted by atomic mass is 10.1. The molecule has 2 aromatic carbocycles. The molecule has 3 aromatic rings. The molecule has 0 aliphatic rings. The third-order valence-corrected chi connectivity index (χ3v) is 4.35. The number of aromatic nitrogens is 1. The lowest BCUT2D eigenvalue weighted by Gasteiger charge is -2.08. The van der Waals surface area contributed by atoms with Crippen molar-refractivity contribution in [2.75, 3.05) is 0 Å². The first-order chi connectivity index (χ1) is 10.6. The van der Waals surface area contributed by atoms with Crippen LogP contribution in [0.25, 0.3) is 29.7 Å². The van der Waals surface area contributed by atoms with E-state index < -0.39 is 0 Å². The molecule has 22 heavy (non-hydrogen) atoms. The lowest BCUT2D eigenvalue weighted by Crippen LogP contribution is -2.25. The van der Waals surface area contributed by atoms with Crippen molar-refractivity contribution in [3.8, 4) is 5.69 Å². The standard InChI is InChI=1S/C21H23N/c1-5-6-7-18-9-11-19(12-10-18)22-17(4)16(3)20-14-15(2)8-13-21(20)22/h8-14H,3-7H2,1-2H3. The van der Waals surface area contributed by atoms with Crippen molar-refractivity contribution in [1.82, 2.24) is 4.57 Å². The van der Waals surface area contributed by atoms with Crippen LogP contribution in [0.2, 0.25) is 0 Å². The number of hydrogen-bond acceptors (Lipinski definition) is 0. The van der Waals surface area contributed by atoms with Crippen LogP contribution < -0.4 is 10.6 Å². The zero-order valence-electron chi connectivity index (χ0n) is 13.5. The number of nitrogens with zero attached hydrogens (tertiary/aromatic N) is 1. The molecule has 1 nitrogen and oxygen atoms in total. The highest BCUT2D eigenvalue weighted by Crippen LogP contribution is 2.17. The molecule has 0 spiro atoms. The highest BCUT2D eigenvalue weighted by Gasteiger charge is 2.07. The Hall–Kier alpha value is -2.28. The Balaban J connectivity index is 2.12. The van der Waals surface area contributed by atoms with Crippen molar-refractivity contribution >= 4 is 24.1 Å². The van der Waals surface area contributed by atoms with Crippen LogP contribution in [-0.4, -0.2) is 4.57 Å². The quantitative estimate of drug-likeness (QED) is 0.681. The summed E-state index contributed by atoms with van der Waals surface area (Å²) >= 11 is 0. The normalized spacial score (nSPS) is 11.2. The van der Waals surface area contributed by atoms with Gasteiger partial charge in [-0.3, -0.25) is 0 Å². The highest BCUT2D eigenvalue weighted by atomic mass is 15.0. The summed E-state index contributed by atoms with van der Waals surface area (Å²) in [6.45, 7) is 12.8. The van der Waals surface area contributed by atoms with Gasteiger partial charge in [-0.25, -0.2) is 0 Å². The second-order valence-corrected chi connectivity index (χ2v) is 6.05. The van der Waals surface area contributed by atoms with Gasteiger partial charge >= 0.3 is 0 Å². The molecule has 1 heteroatoms. The Bertz CT molecular complexity index is 898. The van der Waals surface area contributed by atoms with Crippen molar-refractivity contribution in [3.05, 3.63) is 64.2 Å². The molecule has 112 valence electrons. The number of unbranched alkanes of at least 4 members (excludes halogenated alkanes) is 1. The average Bonchev–Trinajstić information content (AvgIpc) is 2.77. The summed E-state index contributed by atoms with van der Waals surface area (Å²) in [4.78, 5) is 0. The summed E-state index contributed by atoms with van der Waals surface area (Å²) in [5.41, 5.74) is 5.00. The molecule has 1 aromatic heterocycles. The van der Waals surface area contributed by atoms with Crippen LogP contribution in [-0.2, 0) is 6.42 Å². The molecule has 0 aliphatic carbocycles. The van der Waals surface area contributed by atoms with E-state index in [0.29, 0.717) is 0 Å². The third kappa shape index (κ3) is 2.48. The molecule has 0 amide bonds. The van der Waals surface area contributed by atoms with Gasteiger partial charge in [0.1, 0.15) is 0 Å². The minimum absolute atomic E-state index is 0.974. The summed E-state index contributed by atoms with van der Waals surface area (Å²) in [7, 11) is 0. The SMILES string of the molecule is C=c1c(=C)n(-c2ccc(CCCC)cc2)c2ccc(C)cc12. The first-order valence-electron chi connectivity index (χ1n) is 8.00. The molecule has 3 rings (SSSR count). The maximum absolute atomic E-state index is 4.24. The number of rotatable bonds is 4. The molecule has 0 unspecified atom stereocenters. The van der Waals surface area contributed by atoms with Gasteiger partial charge in [0.15, 0.2) is 0 Å². The number of benzene rings is 2. The summed E-state index contributed by atoms with van der Waals surface area (Å²) < 4.78 is 2.21. The smallest absolute Gasteiger partial charge is 0.0540 e. The van der Waals surface area contributed by atoms with Crippen molar-refractivity contribution in [1.29, 1.82) is 0 Å². The Morgan fingerprint density at radius 1 is 1.00 bits per heavy atom. The fourth-order valence-corrected chi connectivity index (χ4v) is 3.01. The number of aryl methyl sites for hydroxylation is 2. The van der Waals surface area contributed by atoms with E-state index in [2.05, 4.69) is 74.0 Å². The van der Waals surface area contributed by atoms with E-state index in [-0.39, 0.29) is 0 Å². The largest absolute Gasteiger partial charge is 0.310 e. The number of hydrogen-bond donors (Lipinski definition) is 0. The van der Waals surface area contributed by atoms with Crippen LogP contribution in [0.3, 0.4) is 0 Å². The van der Waals surface area contributed by atoms with E-state index >= 15 is 0 Å². The van der Waals surface area contributed by atoms with Gasteiger partial charge in [-0.1, -0.05) is 50.3 Å². The van der Waals surface area contributed by atoms with Crippen molar-refractivity contribution in [3.63, 3.8) is 0 Å². The zero-order chi connectivity index (χ0) is 15.7. The lowest BCUT2D eigenvalue weighted by molar-refractivity contribution is 0.795. The summed E-state index contributed by atoms with van der Waals surface area (Å²) in [6, 6.07) is 15.3. The van der Waals surface area contributed by atoms with E-state index in [0.717, 1.165) is 22.7 Å². The van der Waals surface area contributed by atoms with Gasteiger partial charge in [0, 0.05) is 21.6 Å². The van der Waals surface area contributed by atoms with E-state index in [4.69, 9.17) is 0 Å². The van der Waals surface area contributed by atoms with Crippen LogP contribution in [0.4, 0.5) is 0 Å². The molecule has 0 atom stereocenters. The second kappa shape index (κ2) is 5.84. The van der Waals surface area contributed by atoms with Gasteiger partial charge in [0.2, 0.25) is 0 Å². The van der Waals surface area contributed by atoms with E-state index in [1.807, 2.05) is 0 Å². The fraction of sp³-hybridized carbons (Fsp3) is 0.238. The second-order valence-electron chi connectivity index (χ2n) is 6.05. The van der Waals surface area contributed by atoms with Crippen LogP contribution in [0.5, 0.6) is 0 Å². The van der Waals surface area contributed by atoms with E-state index in [1.54, 1.807) is 0 Å². The monoisotopic (exact) mass is 289 g/mol. The molecule has 0 saturated heterocycles. The molecule has 0 N–H and O–H groups in total. The molecule has 0 radical (unpaired) electrons. The maximum atomic E-state index is 4.24. The van der Waals surface area contributed by atoms with Crippen molar-refractivity contribution in [2.45, 2.75) is 33.1 Å². The summed E-state index contributed by atoms with van der Waals surface area (Å²) in [5.74, 6) is 0. The minimum Gasteiger partial charge on any atom is -0.310 e. The van der Waals surface area contributed by atoms with Gasteiger partial charge in [0.05, 0.1) is 5.52 Å². The molecule has 0 aliphatic heterocycles. The van der Waals surface area contributed by atoms with Crippen molar-refractivity contribution < 1.29 is 0 Å². The van der Waals surface area contributed by atoms with Crippen LogP contribution in [0, 0.1) is 6.92 Å². The molecule has 1 heterocycles. The molecule has 0 fully saturated rings. The molecular formula is C21H23N. The van der Waals surface area contributed by atoms with Gasteiger partial charge in [0.25, 0.3) is 0 Å². The first-order valence-corrected chi connectivity index (χ1v) is 8.00. The summed E-state index contributed by atoms with van der Waals surface area (Å²) in [5, 5.41) is 3.19. The Morgan fingerprint density at radius 3 is 2.41 bits per heavy atom. The predicted octanol–water partition coefficient (Wildman–Crippen LogP) is 4.10. The Kier molecular flexibility index (Phi) is 3.89. The van der Waals surface area contributed by atoms with Crippen LogP contribution in [0.15, 0.2) is 42.5 Å². The van der Waals surface area contributed by atoms with Crippen molar-refractivity contribution in [2.24, 2.45) is 0 Å². The third-order valence-electron chi connectivity index (χ3n) is 4.35. The van der Waals surface area contributed by atoms with Gasteiger partial charge in [-0.15, -0.1) is 0 Å². The Labute approximate surface area is 132 Å². The van der Waals surface area contributed by atoms with Gasteiger partial charge < -0.3 is 4.57 Å². The minimum atomic E-state index is 0.974. The molecule has 0 bridgehead atoms. The van der Waals surface area contributed by atoms with E-state index in [9.17, 15) is 0 Å².